The van der Waals surface area contributed by atoms with Crippen molar-refractivity contribution in [2.24, 2.45) is 0 Å². The predicted molar refractivity (Wildman–Crippen MR) is 58.7 cm³/mol. The number of amides is 1. The van der Waals surface area contributed by atoms with E-state index in [-0.39, 0.29) is 11.5 Å². The van der Waals surface area contributed by atoms with Gasteiger partial charge in [-0.2, -0.15) is 0 Å². The Morgan fingerprint density at radius 2 is 2.18 bits per heavy atom. The summed E-state index contributed by atoms with van der Waals surface area (Å²) in [4.78, 5) is 22.8. The van der Waals surface area contributed by atoms with Crippen molar-refractivity contribution in [3.63, 3.8) is 0 Å². The Labute approximate surface area is 96.6 Å². The number of hydrogen-bond acceptors (Lipinski definition) is 5. The number of nitrogens with zero attached hydrogens (tertiary/aromatic N) is 2. The molecule has 0 aliphatic carbocycles. The van der Waals surface area contributed by atoms with Gasteiger partial charge in [0.15, 0.2) is 11.5 Å². The zero-order chi connectivity index (χ0) is 12.3. The maximum absolute atomic E-state index is 11.6. The molecule has 86 valence electrons. The summed E-state index contributed by atoms with van der Waals surface area (Å²) in [5.74, 6) is -0.504. The van der Waals surface area contributed by atoms with Gasteiger partial charge in [-0.15, -0.1) is 0 Å². The maximum atomic E-state index is 11.6. The van der Waals surface area contributed by atoms with Gasteiger partial charge >= 0.3 is 0 Å². The topological polar surface area (TPSA) is 85.1 Å². The summed E-state index contributed by atoms with van der Waals surface area (Å²) in [7, 11) is 0. The summed E-state index contributed by atoms with van der Waals surface area (Å²) >= 11 is 0. The van der Waals surface area contributed by atoms with Crippen LogP contribution in [-0.2, 0) is 0 Å². The SMILES string of the molecule is CC(=O)c1cccc(NC(=O)c2cnon2)c1. The summed E-state index contributed by atoms with van der Waals surface area (Å²) in [6.45, 7) is 1.46. The standard InChI is InChI=1S/C11H9N3O3/c1-7(15)8-3-2-4-9(5-8)13-11(16)10-6-12-17-14-10/h2-6H,1H3,(H,13,16). The molecule has 2 rings (SSSR count). The van der Waals surface area contributed by atoms with Crippen LogP contribution < -0.4 is 5.32 Å². The van der Waals surface area contributed by atoms with Crippen LogP contribution in [0.1, 0.15) is 27.8 Å². The number of hydrogen-bond donors (Lipinski definition) is 1. The van der Waals surface area contributed by atoms with Crippen LogP contribution in [0.4, 0.5) is 5.69 Å². The molecule has 0 aliphatic rings. The molecule has 0 atom stereocenters. The fourth-order valence-electron chi connectivity index (χ4n) is 1.28. The van der Waals surface area contributed by atoms with Gasteiger partial charge in [0, 0.05) is 11.3 Å². The Morgan fingerprint density at radius 3 is 2.82 bits per heavy atom. The first kappa shape index (κ1) is 11.0. The number of carbonyl (C=O) groups excluding carboxylic acids is 2. The summed E-state index contributed by atoms with van der Waals surface area (Å²) in [5.41, 5.74) is 1.13. The van der Waals surface area contributed by atoms with E-state index in [4.69, 9.17) is 0 Å². The van der Waals surface area contributed by atoms with Crippen LogP contribution in [-0.4, -0.2) is 22.0 Å². The zero-order valence-corrected chi connectivity index (χ0v) is 9.01. The van der Waals surface area contributed by atoms with Crippen molar-refractivity contribution in [1.82, 2.24) is 10.3 Å². The molecule has 2 aromatic rings. The normalized spacial score (nSPS) is 9.94. The summed E-state index contributed by atoms with van der Waals surface area (Å²) in [6.07, 6.45) is 1.21. The van der Waals surface area contributed by atoms with Gasteiger partial charge in [-0.05, 0) is 24.2 Å². The van der Waals surface area contributed by atoms with Gasteiger partial charge in [0.2, 0.25) is 0 Å². The first-order valence-electron chi connectivity index (χ1n) is 4.87. The van der Waals surface area contributed by atoms with Gasteiger partial charge < -0.3 is 5.32 Å². The molecule has 0 aliphatic heterocycles. The predicted octanol–water partition coefficient (Wildman–Crippen LogP) is 1.52. The Morgan fingerprint density at radius 1 is 1.35 bits per heavy atom. The molecule has 1 amide bonds. The van der Waals surface area contributed by atoms with Crippen molar-refractivity contribution in [2.75, 3.05) is 5.32 Å². The van der Waals surface area contributed by atoms with Crippen LogP contribution >= 0.6 is 0 Å². The van der Waals surface area contributed by atoms with Crippen molar-refractivity contribution >= 4 is 17.4 Å². The van der Waals surface area contributed by atoms with Gasteiger partial charge in [0.25, 0.3) is 5.91 Å². The van der Waals surface area contributed by atoms with E-state index in [0.29, 0.717) is 11.3 Å². The molecular formula is C11H9N3O3. The van der Waals surface area contributed by atoms with Crippen molar-refractivity contribution in [1.29, 1.82) is 0 Å². The number of Topliss-reactive ketones (excluding diaryl/α,β-unsaturated/α-hetero) is 1. The quantitative estimate of drug-likeness (QED) is 0.809. The first-order valence-corrected chi connectivity index (χ1v) is 4.87. The van der Waals surface area contributed by atoms with E-state index in [0.717, 1.165) is 0 Å². The van der Waals surface area contributed by atoms with Crippen LogP contribution in [0.15, 0.2) is 35.1 Å². The number of carbonyl (C=O) groups is 2. The molecule has 0 radical (unpaired) electrons. The lowest BCUT2D eigenvalue weighted by molar-refractivity contribution is 0.100. The molecule has 1 heterocycles. The molecule has 6 nitrogen and oxygen atoms in total. The van der Waals surface area contributed by atoms with E-state index in [9.17, 15) is 9.59 Å². The highest BCUT2D eigenvalue weighted by atomic mass is 16.6. The van der Waals surface area contributed by atoms with Crippen LogP contribution in [0, 0.1) is 0 Å². The van der Waals surface area contributed by atoms with E-state index in [1.807, 2.05) is 0 Å². The average molecular weight is 231 g/mol. The molecule has 0 bridgehead atoms. The van der Waals surface area contributed by atoms with Gasteiger partial charge in [-0.3, -0.25) is 9.59 Å². The summed E-state index contributed by atoms with van der Waals surface area (Å²) in [5, 5.41) is 9.32. The first-order chi connectivity index (χ1) is 8.16. The Hall–Kier alpha value is -2.50. The lowest BCUT2D eigenvalue weighted by Gasteiger charge is -2.03. The molecule has 0 saturated heterocycles. The molecule has 0 spiro atoms. The molecule has 17 heavy (non-hydrogen) atoms. The minimum Gasteiger partial charge on any atom is -0.320 e. The smallest absolute Gasteiger partial charge is 0.279 e. The van der Waals surface area contributed by atoms with E-state index < -0.39 is 5.91 Å². The number of rotatable bonds is 3. The van der Waals surface area contributed by atoms with E-state index in [1.165, 1.54) is 13.1 Å². The molecule has 0 fully saturated rings. The van der Waals surface area contributed by atoms with Gasteiger partial charge in [0.05, 0.1) is 0 Å². The lowest BCUT2D eigenvalue weighted by Crippen LogP contribution is -2.12. The molecule has 0 saturated carbocycles. The van der Waals surface area contributed by atoms with Crippen molar-refractivity contribution in [3.8, 4) is 0 Å². The monoisotopic (exact) mass is 231 g/mol. The van der Waals surface area contributed by atoms with Crippen LogP contribution in [0.25, 0.3) is 0 Å². The Balaban J connectivity index is 2.16. The molecule has 1 N–H and O–H groups in total. The van der Waals surface area contributed by atoms with Crippen LogP contribution in [0.2, 0.25) is 0 Å². The van der Waals surface area contributed by atoms with E-state index in [2.05, 4.69) is 20.3 Å². The highest BCUT2D eigenvalue weighted by Gasteiger charge is 2.10. The van der Waals surface area contributed by atoms with E-state index >= 15 is 0 Å². The molecule has 1 aromatic carbocycles. The van der Waals surface area contributed by atoms with Crippen LogP contribution in [0.3, 0.4) is 0 Å². The fraction of sp³-hybridized carbons (Fsp3) is 0.0909. The zero-order valence-electron chi connectivity index (χ0n) is 9.01. The second-order valence-corrected chi connectivity index (χ2v) is 3.38. The Bertz CT molecular complexity index is 549. The van der Waals surface area contributed by atoms with Gasteiger partial charge in [-0.1, -0.05) is 17.3 Å². The third-order valence-electron chi connectivity index (χ3n) is 2.12. The largest absolute Gasteiger partial charge is 0.320 e. The van der Waals surface area contributed by atoms with Crippen LogP contribution in [0.5, 0.6) is 0 Å². The van der Waals surface area contributed by atoms with Gasteiger partial charge in [-0.25, -0.2) is 4.63 Å². The molecule has 0 unspecified atom stereocenters. The van der Waals surface area contributed by atoms with E-state index in [1.54, 1.807) is 24.3 Å². The number of aromatic nitrogens is 2. The molecule has 1 aromatic heterocycles. The highest BCUT2D eigenvalue weighted by Crippen LogP contribution is 2.12. The molecule has 6 heteroatoms. The summed E-state index contributed by atoms with van der Waals surface area (Å²) < 4.78 is 4.32. The minimum absolute atomic E-state index is 0.0656. The average Bonchev–Trinajstić information content (AvgIpc) is 2.82. The number of ketones is 1. The second-order valence-electron chi connectivity index (χ2n) is 3.38. The number of nitrogens with one attached hydrogen (secondary N) is 1. The number of benzene rings is 1. The minimum atomic E-state index is -0.438. The van der Waals surface area contributed by atoms with Crippen molar-refractivity contribution in [3.05, 3.63) is 41.7 Å². The maximum Gasteiger partial charge on any atom is 0.279 e. The third kappa shape index (κ3) is 2.54. The fourth-order valence-corrected chi connectivity index (χ4v) is 1.28. The molecular weight excluding hydrogens is 222 g/mol. The third-order valence-corrected chi connectivity index (χ3v) is 2.12. The second kappa shape index (κ2) is 4.56. The van der Waals surface area contributed by atoms with Crippen molar-refractivity contribution in [2.45, 2.75) is 6.92 Å². The highest BCUT2D eigenvalue weighted by molar-refractivity contribution is 6.03. The van der Waals surface area contributed by atoms with Crippen molar-refractivity contribution < 1.29 is 14.2 Å². The van der Waals surface area contributed by atoms with Gasteiger partial charge in [0.1, 0.15) is 6.20 Å². The summed E-state index contributed by atoms with van der Waals surface area (Å²) in [6, 6.07) is 6.63. The lowest BCUT2D eigenvalue weighted by atomic mass is 10.1. The number of anilines is 1. The Kier molecular flexibility index (Phi) is 2.95.